The van der Waals surface area contributed by atoms with Gasteiger partial charge in [-0.1, -0.05) is 42.0 Å². The Morgan fingerprint density at radius 3 is 2.53 bits per heavy atom. The number of fused-ring (bicyclic) bond motifs is 1. The first kappa shape index (κ1) is 20.0. The van der Waals surface area contributed by atoms with Crippen LogP contribution in [0.2, 0.25) is 0 Å². The van der Waals surface area contributed by atoms with Crippen molar-refractivity contribution in [3.05, 3.63) is 74.5 Å². The summed E-state index contributed by atoms with van der Waals surface area (Å²) >= 11 is 1.44. The third-order valence-corrected chi connectivity index (χ3v) is 6.08. The van der Waals surface area contributed by atoms with Gasteiger partial charge in [0.1, 0.15) is 12.2 Å². The third kappa shape index (κ3) is 3.76. The van der Waals surface area contributed by atoms with Crippen molar-refractivity contribution in [2.75, 3.05) is 5.32 Å². The molecule has 7 heteroatoms. The van der Waals surface area contributed by atoms with Crippen molar-refractivity contribution in [1.82, 2.24) is 14.8 Å². The van der Waals surface area contributed by atoms with E-state index >= 15 is 0 Å². The summed E-state index contributed by atoms with van der Waals surface area (Å²) in [5, 5.41) is 8.23. The molecule has 6 nitrogen and oxygen atoms in total. The molecule has 30 heavy (non-hydrogen) atoms. The maximum atomic E-state index is 13.0. The summed E-state index contributed by atoms with van der Waals surface area (Å²) in [6.07, 6.45) is 0. The molecule has 1 amide bonds. The Kier molecular flexibility index (Phi) is 5.22. The first-order chi connectivity index (χ1) is 14.3. The standard InChI is InChI=1S/C23H22N4O2S/c1-13-8-10-17(11-9-13)20-22-21(24-16(4)30-22)23(29)27(26-20)12-19(28)25-18-7-5-6-14(2)15(18)3/h5-11H,12H2,1-4H3,(H,25,28). The summed E-state index contributed by atoms with van der Waals surface area (Å²) in [5.41, 5.74) is 5.49. The molecule has 1 N–H and O–H groups in total. The minimum atomic E-state index is -0.360. The fourth-order valence-corrected chi connectivity index (χ4v) is 4.20. The Hall–Kier alpha value is -3.32. The van der Waals surface area contributed by atoms with Gasteiger partial charge < -0.3 is 5.32 Å². The topological polar surface area (TPSA) is 76.9 Å². The first-order valence-corrected chi connectivity index (χ1v) is 10.5. The van der Waals surface area contributed by atoms with Gasteiger partial charge in [-0.05, 0) is 44.9 Å². The molecule has 4 aromatic rings. The van der Waals surface area contributed by atoms with E-state index in [2.05, 4.69) is 15.4 Å². The van der Waals surface area contributed by atoms with Gasteiger partial charge in [-0.3, -0.25) is 9.59 Å². The molecule has 4 rings (SSSR count). The maximum absolute atomic E-state index is 13.0. The smallest absolute Gasteiger partial charge is 0.294 e. The SMILES string of the molecule is Cc1ccc(-c2nn(CC(=O)Nc3cccc(C)c3C)c(=O)c3nc(C)sc23)cc1. The van der Waals surface area contributed by atoms with Crippen LogP contribution >= 0.6 is 11.3 Å². The molecule has 0 saturated heterocycles. The zero-order valence-electron chi connectivity index (χ0n) is 17.3. The third-order valence-electron chi connectivity index (χ3n) is 5.10. The molecule has 0 aliphatic heterocycles. The van der Waals surface area contributed by atoms with Crippen molar-refractivity contribution >= 4 is 33.1 Å². The number of thiazole rings is 1. The second-order valence-electron chi connectivity index (χ2n) is 7.38. The molecule has 2 aromatic heterocycles. The highest BCUT2D eigenvalue weighted by Gasteiger charge is 2.18. The number of benzene rings is 2. The summed E-state index contributed by atoms with van der Waals surface area (Å²) in [5.74, 6) is -0.306. The number of carbonyl (C=O) groups is 1. The second kappa shape index (κ2) is 7.84. The van der Waals surface area contributed by atoms with Crippen molar-refractivity contribution in [2.45, 2.75) is 34.2 Å². The van der Waals surface area contributed by atoms with E-state index in [-0.39, 0.29) is 18.0 Å². The zero-order valence-corrected chi connectivity index (χ0v) is 18.1. The Labute approximate surface area is 178 Å². The molecule has 0 bridgehead atoms. The lowest BCUT2D eigenvalue weighted by atomic mass is 10.1. The lowest BCUT2D eigenvalue weighted by Crippen LogP contribution is -2.30. The minimum Gasteiger partial charge on any atom is -0.324 e. The molecule has 0 atom stereocenters. The monoisotopic (exact) mass is 418 g/mol. The summed E-state index contributed by atoms with van der Waals surface area (Å²) in [6, 6.07) is 13.7. The lowest BCUT2D eigenvalue weighted by molar-refractivity contribution is -0.117. The van der Waals surface area contributed by atoms with Gasteiger partial charge in [0.15, 0.2) is 5.52 Å². The van der Waals surface area contributed by atoms with Gasteiger partial charge in [0.25, 0.3) is 5.56 Å². The summed E-state index contributed by atoms with van der Waals surface area (Å²) in [6.45, 7) is 7.64. The minimum absolute atomic E-state index is 0.183. The first-order valence-electron chi connectivity index (χ1n) is 9.65. The molecule has 0 aliphatic carbocycles. The van der Waals surface area contributed by atoms with E-state index in [1.54, 1.807) is 0 Å². The van der Waals surface area contributed by atoms with Gasteiger partial charge in [-0.2, -0.15) is 5.10 Å². The van der Waals surface area contributed by atoms with Gasteiger partial charge in [0.2, 0.25) is 5.91 Å². The molecule has 0 fully saturated rings. The number of rotatable bonds is 4. The number of hydrogen-bond donors (Lipinski definition) is 1. The molecular formula is C23H22N4O2S. The Balaban J connectivity index is 1.74. The van der Waals surface area contributed by atoms with Crippen LogP contribution in [0.5, 0.6) is 0 Å². The Bertz CT molecular complexity index is 1320. The number of nitrogens with zero attached hydrogens (tertiary/aromatic N) is 3. The predicted octanol–water partition coefficient (Wildman–Crippen LogP) is 4.39. The molecule has 0 spiro atoms. The molecule has 2 heterocycles. The van der Waals surface area contributed by atoms with Crippen LogP contribution in [0.4, 0.5) is 5.69 Å². The maximum Gasteiger partial charge on any atom is 0.294 e. The van der Waals surface area contributed by atoms with Crippen LogP contribution in [0.3, 0.4) is 0 Å². The zero-order chi connectivity index (χ0) is 21.4. The van der Waals surface area contributed by atoms with Crippen molar-refractivity contribution in [2.24, 2.45) is 0 Å². The van der Waals surface area contributed by atoms with Crippen LogP contribution in [0.1, 0.15) is 21.7 Å². The Morgan fingerprint density at radius 2 is 1.80 bits per heavy atom. The van der Waals surface area contributed by atoms with E-state index < -0.39 is 0 Å². The number of carbonyl (C=O) groups excluding carboxylic acids is 1. The number of anilines is 1. The summed E-state index contributed by atoms with van der Waals surface area (Å²) in [7, 11) is 0. The van der Waals surface area contributed by atoms with E-state index in [0.717, 1.165) is 37.6 Å². The van der Waals surface area contributed by atoms with Crippen LogP contribution in [0, 0.1) is 27.7 Å². The van der Waals surface area contributed by atoms with E-state index in [9.17, 15) is 9.59 Å². The average Bonchev–Trinajstić information content (AvgIpc) is 3.10. The van der Waals surface area contributed by atoms with Crippen LogP contribution in [-0.2, 0) is 11.3 Å². The van der Waals surface area contributed by atoms with Gasteiger partial charge in [-0.15, -0.1) is 11.3 Å². The lowest BCUT2D eigenvalue weighted by Gasteiger charge is -2.12. The number of aryl methyl sites for hydroxylation is 3. The van der Waals surface area contributed by atoms with E-state index in [1.165, 1.54) is 16.0 Å². The second-order valence-corrected chi connectivity index (χ2v) is 8.59. The highest BCUT2D eigenvalue weighted by Crippen LogP contribution is 2.29. The molecule has 0 saturated carbocycles. The number of nitrogens with one attached hydrogen (secondary N) is 1. The fourth-order valence-electron chi connectivity index (χ4n) is 3.29. The number of amides is 1. The summed E-state index contributed by atoms with van der Waals surface area (Å²) in [4.78, 5) is 30.1. The van der Waals surface area contributed by atoms with Gasteiger partial charge in [-0.25, -0.2) is 9.67 Å². The Morgan fingerprint density at radius 1 is 1.07 bits per heavy atom. The van der Waals surface area contributed by atoms with Gasteiger partial charge in [0, 0.05) is 11.3 Å². The normalized spacial score (nSPS) is 11.1. The molecule has 152 valence electrons. The van der Waals surface area contributed by atoms with Crippen LogP contribution in [0.15, 0.2) is 47.3 Å². The molecule has 0 unspecified atom stereocenters. The number of aromatic nitrogens is 3. The summed E-state index contributed by atoms with van der Waals surface area (Å²) < 4.78 is 1.95. The molecule has 2 aromatic carbocycles. The molecule has 0 radical (unpaired) electrons. The van der Waals surface area contributed by atoms with Gasteiger partial charge in [0.05, 0.1) is 9.71 Å². The molecular weight excluding hydrogens is 396 g/mol. The quantitative estimate of drug-likeness (QED) is 0.533. The molecule has 0 aliphatic rings. The van der Waals surface area contributed by atoms with Crippen LogP contribution in [0.25, 0.3) is 21.5 Å². The van der Waals surface area contributed by atoms with Crippen molar-refractivity contribution < 1.29 is 4.79 Å². The number of hydrogen-bond acceptors (Lipinski definition) is 5. The van der Waals surface area contributed by atoms with Crippen molar-refractivity contribution in [3.63, 3.8) is 0 Å². The van der Waals surface area contributed by atoms with E-state index in [0.29, 0.717) is 11.2 Å². The van der Waals surface area contributed by atoms with Gasteiger partial charge >= 0.3 is 0 Å². The van der Waals surface area contributed by atoms with Crippen LogP contribution < -0.4 is 10.9 Å². The average molecular weight is 419 g/mol. The highest BCUT2D eigenvalue weighted by atomic mass is 32.1. The van der Waals surface area contributed by atoms with E-state index in [4.69, 9.17) is 0 Å². The van der Waals surface area contributed by atoms with Crippen LogP contribution in [-0.4, -0.2) is 20.7 Å². The largest absolute Gasteiger partial charge is 0.324 e. The van der Waals surface area contributed by atoms with Crippen molar-refractivity contribution in [1.29, 1.82) is 0 Å². The predicted molar refractivity (Wildman–Crippen MR) is 121 cm³/mol. The fraction of sp³-hybridized carbons (Fsp3) is 0.217. The highest BCUT2D eigenvalue weighted by molar-refractivity contribution is 7.19. The van der Waals surface area contributed by atoms with Crippen molar-refractivity contribution in [3.8, 4) is 11.3 Å². The van der Waals surface area contributed by atoms with E-state index in [1.807, 2.05) is 70.2 Å².